The maximum atomic E-state index is 5.70. The Bertz CT molecular complexity index is 351. The van der Waals surface area contributed by atoms with Crippen LogP contribution in [-0.4, -0.2) is 25.8 Å². The van der Waals surface area contributed by atoms with E-state index >= 15 is 0 Å². The Hall–Kier alpha value is -0.860. The molecule has 0 amide bonds. The molecule has 0 aromatic heterocycles. The summed E-state index contributed by atoms with van der Waals surface area (Å²) in [7, 11) is 1.83. The molecule has 0 heterocycles. The molecular formula is C17H29NO. The molecule has 0 bridgehead atoms. The van der Waals surface area contributed by atoms with Crippen LogP contribution in [0.1, 0.15) is 44.2 Å². The summed E-state index contributed by atoms with van der Waals surface area (Å²) in [5, 5.41) is 3.66. The number of nitrogens with one attached hydrogen (secondary N) is 1. The van der Waals surface area contributed by atoms with Crippen LogP contribution in [0.15, 0.2) is 24.3 Å². The molecule has 1 N–H and O–H groups in total. The Morgan fingerprint density at radius 2 is 1.89 bits per heavy atom. The monoisotopic (exact) mass is 263 g/mol. The summed E-state index contributed by atoms with van der Waals surface area (Å²) >= 11 is 0. The minimum absolute atomic E-state index is 0.302. The van der Waals surface area contributed by atoms with E-state index in [0.29, 0.717) is 12.1 Å². The Kier molecular flexibility index (Phi) is 7.76. The first-order valence-electron chi connectivity index (χ1n) is 7.53. The van der Waals surface area contributed by atoms with E-state index < -0.39 is 0 Å². The third-order valence-electron chi connectivity index (χ3n) is 3.68. The number of aryl methyl sites for hydroxylation is 1. The molecule has 2 nitrogen and oxygen atoms in total. The first kappa shape index (κ1) is 16.2. The van der Waals surface area contributed by atoms with Crippen molar-refractivity contribution in [1.29, 1.82) is 0 Å². The molecule has 0 spiro atoms. The van der Waals surface area contributed by atoms with Crippen molar-refractivity contribution in [1.82, 2.24) is 5.32 Å². The van der Waals surface area contributed by atoms with Crippen molar-refractivity contribution in [2.24, 2.45) is 0 Å². The van der Waals surface area contributed by atoms with Crippen LogP contribution in [0, 0.1) is 6.92 Å². The second-order valence-corrected chi connectivity index (χ2v) is 5.25. The number of benzene rings is 1. The molecule has 1 rings (SSSR count). The Labute approximate surface area is 118 Å². The van der Waals surface area contributed by atoms with Gasteiger partial charge in [0.05, 0.1) is 6.10 Å². The number of ether oxygens (including phenoxy) is 1. The van der Waals surface area contributed by atoms with Gasteiger partial charge < -0.3 is 10.1 Å². The molecule has 1 aromatic carbocycles. The number of methoxy groups -OCH3 is 1. The van der Waals surface area contributed by atoms with Crippen molar-refractivity contribution in [3.63, 3.8) is 0 Å². The summed E-state index contributed by atoms with van der Waals surface area (Å²) in [5.74, 6) is 0. The van der Waals surface area contributed by atoms with Crippen LogP contribution in [0.25, 0.3) is 0 Å². The highest BCUT2D eigenvalue weighted by molar-refractivity contribution is 5.26. The lowest BCUT2D eigenvalue weighted by Crippen LogP contribution is -2.43. The Morgan fingerprint density at radius 3 is 2.47 bits per heavy atom. The summed E-state index contributed by atoms with van der Waals surface area (Å²) in [4.78, 5) is 0. The lowest BCUT2D eigenvalue weighted by molar-refractivity contribution is 0.0609. The molecule has 2 heteroatoms. The van der Waals surface area contributed by atoms with Crippen molar-refractivity contribution < 1.29 is 4.74 Å². The maximum absolute atomic E-state index is 5.70. The predicted octanol–water partition coefficient (Wildman–Crippen LogP) is 3.72. The van der Waals surface area contributed by atoms with E-state index in [9.17, 15) is 0 Å². The lowest BCUT2D eigenvalue weighted by Gasteiger charge is -2.27. The fourth-order valence-corrected chi connectivity index (χ4v) is 2.51. The van der Waals surface area contributed by atoms with Crippen molar-refractivity contribution in [3.05, 3.63) is 35.4 Å². The molecule has 0 radical (unpaired) electrons. The van der Waals surface area contributed by atoms with Crippen LogP contribution in [0.4, 0.5) is 0 Å². The first-order valence-corrected chi connectivity index (χ1v) is 7.53. The number of hydrogen-bond donors (Lipinski definition) is 1. The molecule has 2 atom stereocenters. The highest BCUT2D eigenvalue weighted by atomic mass is 16.5. The third kappa shape index (κ3) is 5.33. The van der Waals surface area contributed by atoms with Crippen LogP contribution >= 0.6 is 0 Å². The van der Waals surface area contributed by atoms with Gasteiger partial charge in [-0.1, -0.05) is 44.5 Å². The van der Waals surface area contributed by atoms with Crippen LogP contribution in [-0.2, 0) is 11.2 Å². The normalized spacial score (nSPS) is 14.3. The van der Waals surface area contributed by atoms with Crippen molar-refractivity contribution in [2.75, 3.05) is 13.7 Å². The fourth-order valence-electron chi connectivity index (χ4n) is 2.51. The highest BCUT2D eigenvalue weighted by Crippen LogP contribution is 2.15. The second-order valence-electron chi connectivity index (χ2n) is 5.25. The molecule has 0 aliphatic rings. The van der Waals surface area contributed by atoms with Gasteiger partial charge >= 0.3 is 0 Å². The van der Waals surface area contributed by atoms with E-state index in [0.717, 1.165) is 32.2 Å². The van der Waals surface area contributed by atoms with Crippen LogP contribution in [0.2, 0.25) is 0 Å². The van der Waals surface area contributed by atoms with Crippen LogP contribution in [0.5, 0.6) is 0 Å². The van der Waals surface area contributed by atoms with Gasteiger partial charge in [-0.3, -0.25) is 0 Å². The van der Waals surface area contributed by atoms with Gasteiger partial charge in [0.2, 0.25) is 0 Å². The minimum Gasteiger partial charge on any atom is -0.380 e. The SMILES string of the molecule is CCCNC(Cc1ccccc1C)C(CCC)OC. The van der Waals surface area contributed by atoms with Gasteiger partial charge in [0, 0.05) is 13.2 Å². The minimum atomic E-state index is 0.302. The highest BCUT2D eigenvalue weighted by Gasteiger charge is 2.20. The van der Waals surface area contributed by atoms with E-state index in [4.69, 9.17) is 4.74 Å². The molecular weight excluding hydrogens is 234 g/mol. The number of rotatable bonds is 9. The van der Waals surface area contributed by atoms with Gasteiger partial charge in [-0.2, -0.15) is 0 Å². The summed E-state index contributed by atoms with van der Waals surface area (Å²) in [6, 6.07) is 9.06. The van der Waals surface area contributed by atoms with Crippen LogP contribution in [0.3, 0.4) is 0 Å². The largest absolute Gasteiger partial charge is 0.380 e. The van der Waals surface area contributed by atoms with Gasteiger partial charge in [-0.05, 0) is 43.9 Å². The van der Waals surface area contributed by atoms with E-state index in [2.05, 4.69) is 50.4 Å². The van der Waals surface area contributed by atoms with E-state index in [-0.39, 0.29) is 0 Å². The van der Waals surface area contributed by atoms with Gasteiger partial charge in [-0.25, -0.2) is 0 Å². The zero-order valence-corrected chi connectivity index (χ0v) is 12.9. The van der Waals surface area contributed by atoms with Gasteiger partial charge in [-0.15, -0.1) is 0 Å². The predicted molar refractivity (Wildman–Crippen MR) is 82.7 cm³/mol. The third-order valence-corrected chi connectivity index (χ3v) is 3.68. The number of hydrogen-bond acceptors (Lipinski definition) is 2. The molecule has 19 heavy (non-hydrogen) atoms. The summed E-state index contributed by atoms with van der Waals surface area (Å²) in [6.07, 6.45) is 4.79. The summed E-state index contributed by atoms with van der Waals surface area (Å²) < 4.78 is 5.70. The Balaban J connectivity index is 2.75. The molecule has 0 aliphatic heterocycles. The van der Waals surface area contributed by atoms with Crippen molar-refractivity contribution in [3.8, 4) is 0 Å². The van der Waals surface area contributed by atoms with E-state index in [1.807, 2.05) is 7.11 Å². The topological polar surface area (TPSA) is 21.3 Å². The molecule has 1 aromatic rings. The van der Waals surface area contributed by atoms with Crippen molar-refractivity contribution in [2.45, 2.75) is 58.6 Å². The molecule has 0 aliphatic carbocycles. The first-order chi connectivity index (χ1) is 9.22. The quantitative estimate of drug-likeness (QED) is 0.733. The average molecular weight is 263 g/mol. The maximum Gasteiger partial charge on any atom is 0.0727 e. The summed E-state index contributed by atoms with van der Waals surface area (Å²) in [6.45, 7) is 7.67. The standard InChI is InChI=1S/C17H29NO/c1-5-9-17(19-4)16(18-12-6-2)13-15-11-8-7-10-14(15)3/h7-8,10-11,16-18H,5-6,9,12-13H2,1-4H3. The molecule has 0 saturated heterocycles. The zero-order chi connectivity index (χ0) is 14.1. The summed E-state index contributed by atoms with van der Waals surface area (Å²) in [5.41, 5.74) is 2.80. The van der Waals surface area contributed by atoms with E-state index in [1.54, 1.807) is 0 Å². The Morgan fingerprint density at radius 1 is 1.16 bits per heavy atom. The van der Waals surface area contributed by atoms with E-state index in [1.165, 1.54) is 11.1 Å². The second kappa shape index (κ2) is 9.11. The average Bonchev–Trinajstić information content (AvgIpc) is 2.43. The van der Waals surface area contributed by atoms with Crippen LogP contribution < -0.4 is 5.32 Å². The molecule has 0 fully saturated rings. The molecule has 2 unspecified atom stereocenters. The smallest absolute Gasteiger partial charge is 0.0727 e. The van der Waals surface area contributed by atoms with Gasteiger partial charge in [0.25, 0.3) is 0 Å². The van der Waals surface area contributed by atoms with Gasteiger partial charge in [0.1, 0.15) is 0 Å². The van der Waals surface area contributed by atoms with Gasteiger partial charge in [0.15, 0.2) is 0 Å². The lowest BCUT2D eigenvalue weighted by atomic mass is 9.95. The molecule has 108 valence electrons. The zero-order valence-electron chi connectivity index (χ0n) is 12.9. The fraction of sp³-hybridized carbons (Fsp3) is 0.647. The molecule has 0 saturated carbocycles. The van der Waals surface area contributed by atoms with Crippen molar-refractivity contribution >= 4 is 0 Å².